The maximum absolute atomic E-state index is 10.6. The number of pyridine rings is 1. The minimum absolute atomic E-state index is 0.125. The molecule has 228 valence electrons. The highest BCUT2D eigenvalue weighted by Gasteiger charge is 2.44. The number of alkyl halides is 6. The summed E-state index contributed by atoms with van der Waals surface area (Å²) in [5.41, 5.74) is 1.40. The largest absolute Gasteiger partial charge is 0.490 e. The SMILES string of the molecule is CN(Cc1cccnc1)C1COC2(CCN(CC3CCOCC3)CC2)C1.O=C(O)C(F)(F)F.O=C(O)C(F)(F)F. The number of carboxylic acid groups (broad SMARTS) is 2. The van der Waals surface area contributed by atoms with E-state index in [0.29, 0.717) is 6.04 Å². The molecule has 40 heavy (non-hydrogen) atoms. The molecule has 1 spiro atoms. The Balaban J connectivity index is 0.000000333. The first-order valence-corrected chi connectivity index (χ1v) is 12.7. The monoisotopic (exact) mass is 587 g/mol. The standard InChI is InChI=1S/C21H33N3O2.2C2HF3O2/c1-23(15-19-3-2-8-22-14-19)20-13-21(26-17-20)6-9-24(10-7-21)16-18-4-11-25-12-5-18;2*3-2(4,5)1(6)7/h2-3,8,14,18,20H,4-7,9-13,15-17H2,1H3;2*(H,6,7). The number of hydrogen-bond acceptors (Lipinski definition) is 7. The summed E-state index contributed by atoms with van der Waals surface area (Å²) >= 11 is 0. The summed E-state index contributed by atoms with van der Waals surface area (Å²) in [6, 6.07) is 4.70. The Bertz CT molecular complexity index is 896. The van der Waals surface area contributed by atoms with Crippen molar-refractivity contribution in [3.05, 3.63) is 30.1 Å². The Morgan fingerprint density at radius 3 is 2.10 bits per heavy atom. The molecule has 4 heterocycles. The molecule has 15 heteroatoms. The molecule has 3 saturated heterocycles. The maximum atomic E-state index is 10.6. The Morgan fingerprint density at radius 1 is 1.07 bits per heavy atom. The number of ether oxygens (including phenoxy) is 2. The predicted octanol–water partition coefficient (Wildman–Crippen LogP) is 3.83. The van der Waals surface area contributed by atoms with Crippen molar-refractivity contribution < 1.29 is 55.6 Å². The molecule has 0 radical (unpaired) electrons. The third kappa shape index (κ3) is 11.6. The average Bonchev–Trinajstić information content (AvgIpc) is 3.30. The third-order valence-electron chi connectivity index (χ3n) is 7.08. The van der Waals surface area contributed by atoms with Crippen molar-refractivity contribution in [3.63, 3.8) is 0 Å². The Morgan fingerprint density at radius 2 is 1.62 bits per heavy atom. The second-order valence-corrected chi connectivity index (χ2v) is 10.1. The maximum Gasteiger partial charge on any atom is 0.490 e. The van der Waals surface area contributed by atoms with Crippen LogP contribution >= 0.6 is 0 Å². The van der Waals surface area contributed by atoms with Crippen LogP contribution in [0.2, 0.25) is 0 Å². The third-order valence-corrected chi connectivity index (χ3v) is 7.08. The summed E-state index contributed by atoms with van der Waals surface area (Å²) in [5, 5.41) is 14.2. The van der Waals surface area contributed by atoms with Crippen molar-refractivity contribution in [1.29, 1.82) is 0 Å². The van der Waals surface area contributed by atoms with Crippen molar-refractivity contribution >= 4 is 11.9 Å². The molecule has 1 aromatic heterocycles. The minimum atomic E-state index is -5.08. The molecule has 3 fully saturated rings. The Hall–Kier alpha value is -2.49. The number of halogens is 6. The average molecular weight is 588 g/mol. The van der Waals surface area contributed by atoms with Gasteiger partial charge in [0.25, 0.3) is 0 Å². The van der Waals surface area contributed by atoms with Gasteiger partial charge < -0.3 is 24.6 Å². The molecule has 2 N–H and O–H groups in total. The number of aliphatic carboxylic acids is 2. The van der Waals surface area contributed by atoms with Crippen LogP contribution < -0.4 is 0 Å². The molecule has 0 amide bonds. The van der Waals surface area contributed by atoms with E-state index in [2.05, 4.69) is 27.9 Å². The lowest BCUT2D eigenvalue weighted by atomic mass is 9.86. The molecule has 3 aliphatic rings. The number of hydrogen-bond donors (Lipinski definition) is 2. The quantitative estimate of drug-likeness (QED) is 0.497. The fourth-order valence-corrected chi connectivity index (χ4v) is 4.80. The summed E-state index contributed by atoms with van der Waals surface area (Å²) in [5.74, 6) is -4.68. The van der Waals surface area contributed by atoms with Crippen molar-refractivity contribution in [3.8, 4) is 0 Å². The number of aromatic nitrogens is 1. The first-order chi connectivity index (χ1) is 18.6. The lowest BCUT2D eigenvalue weighted by molar-refractivity contribution is -0.193. The normalized spacial score (nSPS) is 21.8. The molecule has 0 aromatic carbocycles. The first kappa shape index (κ1) is 33.7. The van der Waals surface area contributed by atoms with Crippen LogP contribution in [0.1, 0.15) is 37.7 Å². The molecule has 0 aliphatic carbocycles. The van der Waals surface area contributed by atoms with E-state index in [1.54, 1.807) is 0 Å². The van der Waals surface area contributed by atoms with Gasteiger partial charge in [-0.2, -0.15) is 26.3 Å². The van der Waals surface area contributed by atoms with Gasteiger partial charge in [0.1, 0.15) is 0 Å². The number of carbonyl (C=O) groups is 2. The molecule has 1 aromatic rings. The minimum Gasteiger partial charge on any atom is -0.475 e. The molecule has 1 atom stereocenters. The molecular weight excluding hydrogens is 552 g/mol. The highest BCUT2D eigenvalue weighted by atomic mass is 19.4. The van der Waals surface area contributed by atoms with Gasteiger partial charge in [0.2, 0.25) is 0 Å². The summed E-state index contributed by atoms with van der Waals surface area (Å²) in [7, 11) is 2.22. The zero-order valence-electron chi connectivity index (χ0n) is 22.1. The molecule has 0 bridgehead atoms. The summed E-state index contributed by atoms with van der Waals surface area (Å²) < 4.78 is 75.4. The van der Waals surface area contributed by atoms with Gasteiger partial charge in [-0.3, -0.25) is 9.88 Å². The number of likely N-dealkylation sites (N-methyl/N-ethyl adjacent to an activating group) is 1. The molecule has 0 saturated carbocycles. The number of piperidine rings is 1. The van der Waals surface area contributed by atoms with E-state index in [0.717, 1.165) is 32.3 Å². The van der Waals surface area contributed by atoms with Crippen molar-refractivity contribution in [2.75, 3.05) is 46.5 Å². The van der Waals surface area contributed by atoms with Gasteiger partial charge in [0.05, 0.1) is 12.2 Å². The second-order valence-electron chi connectivity index (χ2n) is 10.1. The topological polar surface area (TPSA) is 112 Å². The van der Waals surface area contributed by atoms with Gasteiger partial charge in [0, 0.05) is 57.8 Å². The van der Waals surface area contributed by atoms with Crippen LogP contribution in [-0.2, 0) is 25.6 Å². The number of likely N-dealkylation sites (tertiary alicyclic amines) is 1. The Kier molecular flexibility index (Phi) is 12.6. The lowest BCUT2D eigenvalue weighted by Crippen LogP contribution is -2.46. The highest BCUT2D eigenvalue weighted by Crippen LogP contribution is 2.38. The van der Waals surface area contributed by atoms with Gasteiger partial charge in [-0.05, 0) is 56.7 Å². The van der Waals surface area contributed by atoms with Gasteiger partial charge >= 0.3 is 24.3 Å². The van der Waals surface area contributed by atoms with Gasteiger partial charge in [-0.15, -0.1) is 0 Å². The lowest BCUT2D eigenvalue weighted by Gasteiger charge is -2.40. The fourth-order valence-electron chi connectivity index (χ4n) is 4.80. The first-order valence-electron chi connectivity index (χ1n) is 12.7. The predicted molar refractivity (Wildman–Crippen MR) is 129 cm³/mol. The summed E-state index contributed by atoms with van der Waals surface area (Å²) in [4.78, 5) is 27.1. The molecule has 9 nitrogen and oxygen atoms in total. The summed E-state index contributed by atoms with van der Waals surface area (Å²) in [6.07, 6.45) is -0.337. The number of rotatable bonds is 5. The van der Waals surface area contributed by atoms with E-state index in [1.807, 2.05) is 18.5 Å². The molecule has 1 unspecified atom stereocenters. The zero-order valence-corrected chi connectivity index (χ0v) is 22.1. The zero-order chi connectivity index (χ0) is 30.0. The van der Waals surface area contributed by atoms with Crippen LogP contribution in [0.5, 0.6) is 0 Å². The van der Waals surface area contributed by atoms with Crippen molar-refractivity contribution in [1.82, 2.24) is 14.8 Å². The Labute approximate surface area is 228 Å². The fraction of sp³-hybridized carbons (Fsp3) is 0.720. The van der Waals surface area contributed by atoms with Crippen molar-refractivity contribution in [2.24, 2.45) is 5.92 Å². The summed E-state index contributed by atoms with van der Waals surface area (Å²) in [6.45, 7) is 7.37. The van der Waals surface area contributed by atoms with Gasteiger partial charge in [-0.1, -0.05) is 6.07 Å². The number of carboxylic acids is 2. The van der Waals surface area contributed by atoms with Crippen LogP contribution in [0.3, 0.4) is 0 Å². The van der Waals surface area contributed by atoms with Crippen LogP contribution in [0, 0.1) is 5.92 Å². The van der Waals surface area contributed by atoms with Crippen LogP contribution in [0.4, 0.5) is 26.3 Å². The highest BCUT2D eigenvalue weighted by molar-refractivity contribution is 5.73. The van der Waals surface area contributed by atoms with Crippen LogP contribution in [0.15, 0.2) is 24.5 Å². The van der Waals surface area contributed by atoms with Gasteiger partial charge in [-0.25, -0.2) is 9.59 Å². The molecule has 4 rings (SSSR count). The smallest absolute Gasteiger partial charge is 0.475 e. The van der Waals surface area contributed by atoms with Gasteiger partial charge in [0.15, 0.2) is 0 Å². The van der Waals surface area contributed by atoms with E-state index in [9.17, 15) is 26.3 Å². The van der Waals surface area contributed by atoms with Crippen molar-refractivity contribution in [2.45, 2.75) is 62.6 Å². The number of nitrogens with zero attached hydrogens (tertiary/aromatic N) is 3. The second kappa shape index (κ2) is 14.9. The van der Waals surface area contributed by atoms with E-state index < -0.39 is 24.3 Å². The van der Waals surface area contributed by atoms with Crippen LogP contribution in [-0.4, -0.2) is 107 Å². The molecular formula is C25H35F6N3O6. The van der Waals surface area contributed by atoms with E-state index in [4.69, 9.17) is 29.3 Å². The van der Waals surface area contributed by atoms with E-state index in [-0.39, 0.29) is 5.60 Å². The van der Waals surface area contributed by atoms with E-state index >= 15 is 0 Å². The van der Waals surface area contributed by atoms with E-state index in [1.165, 1.54) is 57.3 Å². The molecule has 3 aliphatic heterocycles. The van der Waals surface area contributed by atoms with Crippen LogP contribution in [0.25, 0.3) is 0 Å².